The van der Waals surface area contributed by atoms with E-state index in [4.69, 9.17) is 0 Å². The van der Waals surface area contributed by atoms with Crippen molar-refractivity contribution in [1.29, 1.82) is 0 Å². The van der Waals surface area contributed by atoms with Crippen LogP contribution >= 0.6 is 0 Å². The summed E-state index contributed by atoms with van der Waals surface area (Å²) in [5.74, 6) is 0.595. The summed E-state index contributed by atoms with van der Waals surface area (Å²) >= 11 is 0. The predicted octanol–water partition coefficient (Wildman–Crippen LogP) is 1.35. The summed E-state index contributed by atoms with van der Waals surface area (Å²) in [6, 6.07) is 5.16. The molecule has 0 spiro atoms. The van der Waals surface area contributed by atoms with Crippen molar-refractivity contribution in [2.75, 3.05) is 0 Å². The molecular weight excluding hydrogens is 178 g/mol. The summed E-state index contributed by atoms with van der Waals surface area (Å²) < 4.78 is 0. The van der Waals surface area contributed by atoms with Crippen LogP contribution in [0.15, 0.2) is 36.8 Å². The molecule has 0 amide bonds. The van der Waals surface area contributed by atoms with Gasteiger partial charge in [0.05, 0.1) is 0 Å². The molecule has 4 nitrogen and oxygen atoms in total. The monoisotopic (exact) mass is 185 g/mol. The minimum absolute atomic E-state index is 0.384. The minimum atomic E-state index is 0.384. The minimum Gasteiger partial charge on any atom is -0.296 e. The van der Waals surface area contributed by atoms with Crippen LogP contribution in [0.2, 0.25) is 0 Å². The van der Waals surface area contributed by atoms with Crippen molar-refractivity contribution in [2.45, 2.75) is 0 Å². The topological polar surface area (TPSA) is 55.7 Å². The zero-order valence-corrected chi connectivity index (χ0v) is 7.29. The maximum Gasteiger partial charge on any atom is 0.168 e. The molecule has 0 aliphatic heterocycles. The Balaban J connectivity index is 2.47. The van der Waals surface area contributed by atoms with Crippen molar-refractivity contribution in [3.63, 3.8) is 0 Å². The largest absolute Gasteiger partial charge is 0.296 e. The number of aromatic nitrogens is 3. The molecule has 0 aliphatic carbocycles. The van der Waals surface area contributed by atoms with Crippen LogP contribution in [0.1, 0.15) is 10.5 Å². The fourth-order valence-corrected chi connectivity index (χ4v) is 1.10. The Labute approximate surface area is 80.7 Å². The van der Waals surface area contributed by atoms with E-state index in [9.17, 15) is 4.79 Å². The molecule has 68 valence electrons. The quantitative estimate of drug-likeness (QED) is 0.662. The van der Waals surface area contributed by atoms with Gasteiger partial charge in [-0.05, 0) is 18.2 Å². The number of rotatable bonds is 2. The highest BCUT2D eigenvalue weighted by atomic mass is 16.1. The Kier molecular flexibility index (Phi) is 2.27. The van der Waals surface area contributed by atoms with Gasteiger partial charge < -0.3 is 0 Å². The Morgan fingerprint density at radius 2 is 1.86 bits per heavy atom. The molecule has 0 fully saturated rings. The first-order valence-electron chi connectivity index (χ1n) is 4.09. The van der Waals surface area contributed by atoms with Gasteiger partial charge in [-0.1, -0.05) is 0 Å². The molecule has 2 aromatic rings. The molecule has 14 heavy (non-hydrogen) atoms. The molecule has 2 heterocycles. The molecule has 0 aliphatic rings. The normalized spacial score (nSPS) is 9.71. The van der Waals surface area contributed by atoms with Crippen LogP contribution in [0.25, 0.3) is 11.4 Å². The van der Waals surface area contributed by atoms with Crippen LogP contribution in [0.4, 0.5) is 0 Å². The van der Waals surface area contributed by atoms with E-state index in [0.29, 0.717) is 17.8 Å². The molecule has 0 radical (unpaired) electrons. The Morgan fingerprint density at radius 1 is 1.07 bits per heavy atom. The zero-order valence-electron chi connectivity index (χ0n) is 7.29. The van der Waals surface area contributed by atoms with Gasteiger partial charge in [0, 0.05) is 24.2 Å². The molecule has 0 unspecified atom stereocenters. The molecular formula is C10H7N3O. The lowest BCUT2D eigenvalue weighted by Gasteiger charge is -1.98. The first kappa shape index (κ1) is 8.50. The number of hydrogen-bond donors (Lipinski definition) is 0. The van der Waals surface area contributed by atoms with Crippen LogP contribution in [0, 0.1) is 0 Å². The molecule has 4 heteroatoms. The maximum absolute atomic E-state index is 10.5. The summed E-state index contributed by atoms with van der Waals surface area (Å²) in [6.07, 6.45) is 5.58. The average Bonchev–Trinajstić information content (AvgIpc) is 2.30. The number of aldehydes is 1. The van der Waals surface area contributed by atoms with E-state index in [1.807, 2.05) is 0 Å². The fourth-order valence-electron chi connectivity index (χ4n) is 1.10. The van der Waals surface area contributed by atoms with E-state index in [-0.39, 0.29) is 0 Å². The first-order valence-corrected chi connectivity index (χ1v) is 4.09. The summed E-state index contributed by atoms with van der Waals surface area (Å²) in [6.45, 7) is 0. The fraction of sp³-hybridized carbons (Fsp3) is 0. The van der Waals surface area contributed by atoms with Gasteiger partial charge >= 0.3 is 0 Å². The van der Waals surface area contributed by atoms with Crippen LogP contribution in [0.5, 0.6) is 0 Å². The average molecular weight is 185 g/mol. The summed E-state index contributed by atoms with van der Waals surface area (Å²) in [7, 11) is 0. The molecule has 2 aromatic heterocycles. The maximum atomic E-state index is 10.5. The van der Waals surface area contributed by atoms with Gasteiger partial charge in [0.2, 0.25) is 0 Å². The van der Waals surface area contributed by atoms with E-state index in [0.717, 1.165) is 5.56 Å². The van der Waals surface area contributed by atoms with Crippen LogP contribution in [-0.2, 0) is 0 Å². The number of nitrogens with zero attached hydrogens (tertiary/aromatic N) is 3. The SMILES string of the molecule is O=Cc1cc(-c2ncccn2)ccn1. The van der Waals surface area contributed by atoms with Gasteiger partial charge in [-0.3, -0.25) is 9.78 Å². The van der Waals surface area contributed by atoms with Crippen molar-refractivity contribution in [3.05, 3.63) is 42.5 Å². The highest BCUT2D eigenvalue weighted by Gasteiger charge is 2.00. The number of carbonyl (C=O) groups excluding carboxylic acids is 1. The second-order valence-electron chi connectivity index (χ2n) is 2.66. The predicted molar refractivity (Wildman–Crippen MR) is 50.7 cm³/mol. The zero-order chi connectivity index (χ0) is 9.80. The lowest BCUT2D eigenvalue weighted by Crippen LogP contribution is -1.90. The van der Waals surface area contributed by atoms with Crippen molar-refractivity contribution in [1.82, 2.24) is 15.0 Å². The van der Waals surface area contributed by atoms with Crippen molar-refractivity contribution in [2.24, 2.45) is 0 Å². The Hall–Kier alpha value is -2.10. The van der Waals surface area contributed by atoms with E-state index in [1.54, 1.807) is 36.8 Å². The molecule has 0 saturated heterocycles. The Bertz CT molecular complexity index is 442. The highest BCUT2D eigenvalue weighted by molar-refractivity contribution is 5.74. The highest BCUT2D eigenvalue weighted by Crippen LogP contribution is 2.12. The lowest BCUT2D eigenvalue weighted by molar-refractivity contribution is 0.111. The van der Waals surface area contributed by atoms with Crippen LogP contribution < -0.4 is 0 Å². The molecule has 0 aromatic carbocycles. The molecule has 0 bridgehead atoms. The summed E-state index contributed by atoms with van der Waals surface area (Å²) in [5, 5.41) is 0. The van der Waals surface area contributed by atoms with Crippen molar-refractivity contribution < 1.29 is 4.79 Å². The third-order valence-electron chi connectivity index (χ3n) is 1.73. The van der Waals surface area contributed by atoms with Gasteiger partial charge in [-0.15, -0.1) is 0 Å². The molecule has 0 atom stereocenters. The summed E-state index contributed by atoms with van der Waals surface area (Å²) in [4.78, 5) is 22.5. The molecule has 2 rings (SSSR count). The van der Waals surface area contributed by atoms with E-state index < -0.39 is 0 Å². The first-order chi connectivity index (χ1) is 6.90. The van der Waals surface area contributed by atoms with Crippen molar-refractivity contribution >= 4 is 6.29 Å². The van der Waals surface area contributed by atoms with E-state index in [1.165, 1.54) is 0 Å². The number of carbonyl (C=O) groups is 1. The number of pyridine rings is 1. The van der Waals surface area contributed by atoms with Gasteiger partial charge in [-0.2, -0.15) is 0 Å². The Morgan fingerprint density at radius 3 is 2.57 bits per heavy atom. The van der Waals surface area contributed by atoms with Crippen LogP contribution in [0.3, 0.4) is 0 Å². The van der Waals surface area contributed by atoms with Crippen molar-refractivity contribution in [3.8, 4) is 11.4 Å². The standard InChI is InChI=1S/C10H7N3O/c14-7-9-6-8(2-5-11-9)10-12-3-1-4-13-10/h1-7H. The smallest absolute Gasteiger partial charge is 0.168 e. The second kappa shape index (κ2) is 3.74. The third-order valence-corrected chi connectivity index (χ3v) is 1.73. The molecule has 0 N–H and O–H groups in total. The summed E-state index contributed by atoms with van der Waals surface area (Å²) in [5.41, 5.74) is 1.18. The van der Waals surface area contributed by atoms with E-state index in [2.05, 4.69) is 15.0 Å². The number of hydrogen-bond acceptors (Lipinski definition) is 4. The van der Waals surface area contributed by atoms with Gasteiger partial charge in [0.25, 0.3) is 0 Å². The third kappa shape index (κ3) is 1.64. The lowest BCUT2D eigenvalue weighted by atomic mass is 10.2. The van der Waals surface area contributed by atoms with Crippen LogP contribution in [-0.4, -0.2) is 21.2 Å². The van der Waals surface area contributed by atoms with Gasteiger partial charge in [0.15, 0.2) is 12.1 Å². The second-order valence-corrected chi connectivity index (χ2v) is 2.66. The van der Waals surface area contributed by atoms with Gasteiger partial charge in [-0.25, -0.2) is 9.97 Å². The molecule has 0 saturated carbocycles. The van der Waals surface area contributed by atoms with Gasteiger partial charge in [0.1, 0.15) is 5.69 Å². The van der Waals surface area contributed by atoms with E-state index >= 15 is 0 Å².